The first-order valence-electron chi connectivity index (χ1n) is 5.11. The van der Waals surface area contributed by atoms with Gasteiger partial charge in [0.15, 0.2) is 0 Å². The van der Waals surface area contributed by atoms with E-state index in [4.69, 9.17) is 21.4 Å². The minimum absolute atomic E-state index is 0.0605. The Morgan fingerprint density at radius 3 is 2.72 bits per heavy atom. The number of hydrogen-bond donors (Lipinski definition) is 3. The molecule has 7 heteroatoms. The first kappa shape index (κ1) is 14.3. The highest BCUT2D eigenvalue weighted by Gasteiger charge is 2.09. The molecule has 0 saturated carbocycles. The molecule has 1 aromatic rings. The van der Waals surface area contributed by atoms with Crippen LogP contribution in [0.4, 0.5) is 10.5 Å². The second kappa shape index (κ2) is 6.83. The first-order valence-corrected chi connectivity index (χ1v) is 5.49. The Hall–Kier alpha value is -1.79. The third-order valence-electron chi connectivity index (χ3n) is 2.06. The van der Waals surface area contributed by atoms with Gasteiger partial charge in [-0.25, -0.2) is 9.59 Å². The SMILES string of the molecule is COCCNC(=O)Nc1ccc(C(=O)O)cc1Cl. The van der Waals surface area contributed by atoms with E-state index in [9.17, 15) is 9.59 Å². The van der Waals surface area contributed by atoms with Gasteiger partial charge in [-0.2, -0.15) is 0 Å². The quantitative estimate of drug-likeness (QED) is 0.713. The predicted octanol–water partition coefficient (Wildman–Crippen LogP) is 1.81. The number of methoxy groups -OCH3 is 1. The molecule has 98 valence electrons. The van der Waals surface area contributed by atoms with E-state index < -0.39 is 12.0 Å². The molecule has 0 aliphatic rings. The molecule has 0 spiro atoms. The van der Waals surface area contributed by atoms with Gasteiger partial charge in [-0.3, -0.25) is 0 Å². The fourth-order valence-electron chi connectivity index (χ4n) is 1.18. The fraction of sp³-hybridized carbons (Fsp3) is 0.273. The van der Waals surface area contributed by atoms with Crippen LogP contribution in [0.1, 0.15) is 10.4 Å². The number of anilines is 1. The summed E-state index contributed by atoms with van der Waals surface area (Å²) in [6.45, 7) is 0.770. The number of ether oxygens (including phenoxy) is 1. The zero-order valence-corrected chi connectivity index (χ0v) is 10.5. The standard InChI is InChI=1S/C11H13ClN2O4/c1-18-5-4-13-11(17)14-9-3-2-7(10(15)16)6-8(9)12/h2-3,6H,4-5H2,1H3,(H,15,16)(H2,13,14,17). The topological polar surface area (TPSA) is 87.7 Å². The van der Waals surface area contributed by atoms with Gasteiger partial charge in [0.05, 0.1) is 22.9 Å². The molecule has 0 radical (unpaired) electrons. The molecule has 0 aromatic heterocycles. The highest BCUT2D eigenvalue weighted by Crippen LogP contribution is 2.22. The molecule has 0 aliphatic carbocycles. The van der Waals surface area contributed by atoms with E-state index in [-0.39, 0.29) is 10.6 Å². The van der Waals surface area contributed by atoms with E-state index in [1.807, 2.05) is 0 Å². The second-order valence-electron chi connectivity index (χ2n) is 3.37. The monoisotopic (exact) mass is 272 g/mol. The Morgan fingerprint density at radius 2 is 2.17 bits per heavy atom. The van der Waals surface area contributed by atoms with Crippen molar-refractivity contribution in [3.05, 3.63) is 28.8 Å². The molecule has 2 amide bonds. The summed E-state index contributed by atoms with van der Waals surface area (Å²) in [6.07, 6.45) is 0. The molecule has 0 fully saturated rings. The van der Waals surface area contributed by atoms with E-state index in [1.54, 1.807) is 0 Å². The Bertz CT molecular complexity index is 451. The zero-order valence-electron chi connectivity index (χ0n) is 9.70. The van der Waals surface area contributed by atoms with Crippen LogP contribution < -0.4 is 10.6 Å². The molecular weight excluding hydrogens is 260 g/mol. The number of hydrogen-bond acceptors (Lipinski definition) is 3. The van der Waals surface area contributed by atoms with Crippen molar-refractivity contribution < 1.29 is 19.4 Å². The summed E-state index contributed by atoms with van der Waals surface area (Å²) in [5.41, 5.74) is 0.405. The smallest absolute Gasteiger partial charge is 0.335 e. The fourth-order valence-corrected chi connectivity index (χ4v) is 1.41. The molecule has 18 heavy (non-hydrogen) atoms. The third kappa shape index (κ3) is 4.23. The molecule has 0 atom stereocenters. The van der Waals surface area contributed by atoms with E-state index in [0.29, 0.717) is 18.8 Å². The molecule has 0 saturated heterocycles. The Morgan fingerprint density at radius 1 is 1.44 bits per heavy atom. The number of urea groups is 1. The van der Waals surface area contributed by atoms with Crippen molar-refractivity contribution in [3.8, 4) is 0 Å². The first-order chi connectivity index (χ1) is 8.54. The van der Waals surface area contributed by atoms with Crippen LogP contribution >= 0.6 is 11.6 Å². The Labute approximate surface area is 109 Å². The van der Waals surface area contributed by atoms with E-state index in [2.05, 4.69) is 10.6 Å². The van der Waals surface area contributed by atoms with Crippen molar-refractivity contribution >= 4 is 29.3 Å². The summed E-state index contributed by atoms with van der Waals surface area (Å²) in [6, 6.07) is 3.63. The number of carbonyl (C=O) groups excluding carboxylic acids is 1. The maximum absolute atomic E-state index is 11.4. The average Bonchev–Trinajstić information content (AvgIpc) is 2.32. The molecule has 0 bridgehead atoms. The van der Waals surface area contributed by atoms with Gasteiger partial charge in [0.1, 0.15) is 0 Å². The summed E-state index contributed by atoms with van der Waals surface area (Å²) in [4.78, 5) is 22.1. The molecule has 0 heterocycles. The maximum Gasteiger partial charge on any atom is 0.335 e. The van der Waals surface area contributed by atoms with Gasteiger partial charge in [0.25, 0.3) is 0 Å². The van der Waals surface area contributed by atoms with Crippen LogP contribution in [0, 0.1) is 0 Å². The number of carboxylic acids is 1. The maximum atomic E-state index is 11.4. The predicted molar refractivity (Wildman–Crippen MR) is 67.3 cm³/mol. The number of amides is 2. The van der Waals surface area contributed by atoms with Gasteiger partial charge in [0, 0.05) is 13.7 Å². The summed E-state index contributed by atoms with van der Waals surface area (Å²) in [5.74, 6) is -1.08. The molecule has 6 nitrogen and oxygen atoms in total. The molecule has 0 unspecified atom stereocenters. The lowest BCUT2D eigenvalue weighted by Crippen LogP contribution is -2.31. The van der Waals surface area contributed by atoms with Crippen LogP contribution in [-0.2, 0) is 4.74 Å². The van der Waals surface area contributed by atoms with Crippen LogP contribution in [0.2, 0.25) is 5.02 Å². The summed E-state index contributed by atoms with van der Waals surface area (Å²) < 4.78 is 4.77. The van der Waals surface area contributed by atoms with Gasteiger partial charge in [-0.05, 0) is 18.2 Å². The van der Waals surface area contributed by atoms with E-state index in [0.717, 1.165) is 0 Å². The summed E-state index contributed by atoms with van der Waals surface area (Å²) >= 11 is 5.85. The van der Waals surface area contributed by atoms with E-state index in [1.165, 1.54) is 25.3 Å². The van der Waals surface area contributed by atoms with Gasteiger partial charge in [-0.1, -0.05) is 11.6 Å². The Kier molecular flexibility index (Phi) is 5.41. The lowest BCUT2D eigenvalue weighted by molar-refractivity contribution is 0.0697. The normalized spacial score (nSPS) is 9.89. The highest BCUT2D eigenvalue weighted by atomic mass is 35.5. The van der Waals surface area contributed by atoms with Gasteiger partial charge in [-0.15, -0.1) is 0 Å². The molecule has 0 aliphatic heterocycles. The lowest BCUT2D eigenvalue weighted by atomic mass is 10.2. The number of nitrogens with one attached hydrogen (secondary N) is 2. The van der Waals surface area contributed by atoms with Crippen LogP contribution in [-0.4, -0.2) is 37.4 Å². The van der Waals surface area contributed by atoms with Crippen molar-refractivity contribution in [3.63, 3.8) is 0 Å². The van der Waals surface area contributed by atoms with Crippen LogP contribution in [0.15, 0.2) is 18.2 Å². The molecule has 3 N–H and O–H groups in total. The number of rotatable bonds is 5. The van der Waals surface area contributed by atoms with Crippen molar-refractivity contribution in [2.45, 2.75) is 0 Å². The van der Waals surface area contributed by atoms with E-state index >= 15 is 0 Å². The summed E-state index contributed by atoms with van der Waals surface area (Å²) in [5, 5.41) is 14.0. The van der Waals surface area contributed by atoms with Crippen molar-refractivity contribution in [2.24, 2.45) is 0 Å². The van der Waals surface area contributed by atoms with Crippen molar-refractivity contribution in [1.82, 2.24) is 5.32 Å². The highest BCUT2D eigenvalue weighted by molar-refractivity contribution is 6.34. The van der Waals surface area contributed by atoms with Crippen molar-refractivity contribution in [2.75, 3.05) is 25.6 Å². The second-order valence-corrected chi connectivity index (χ2v) is 3.78. The van der Waals surface area contributed by atoms with Crippen molar-refractivity contribution in [1.29, 1.82) is 0 Å². The lowest BCUT2D eigenvalue weighted by Gasteiger charge is -2.09. The third-order valence-corrected chi connectivity index (χ3v) is 2.37. The minimum atomic E-state index is -1.08. The minimum Gasteiger partial charge on any atom is -0.478 e. The molecular formula is C11H13ClN2O4. The van der Waals surface area contributed by atoms with Gasteiger partial charge >= 0.3 is 12.0 Å². The average molecular weight is 273 g/mol. The zero-order chi connectivity index (χ0) is 13.5. The van der Waals surface area contributed by atoms with Crippen LogP contribution in [0.5, 0.6) is 0 Å². The van der Waals surface area contributed by atoms with Crippen LogP contribution in [0.25, 0.3) is 0 Å². The number of carboxylic acid groups (broad SMARTS) is 1. The number of aromatic carboxylic acids is 1. The number of halogens is 1. The van der Waals surface area contributed by atoms with Gasteiger partial charge < -0.3 is 20.5 Å². The molecule has 1 aromatic carbocycles. The van der Waals surface area contributed by atoms with Gasteiger partial charge in [0.2, 0.25) is 0 Å². The summed E-state index contributed by atoms with van der Waals surface area (Å²) in [7, 11) is 1.53. The molecule has 1 rings (SSSR count). The largest absolute Gasteiger partial charge is 0.478 e. The van der Waals surface area contributed by atoms with Crippen LogP contribution in [0.3, 0.4) is 0 Å². The Balaban J connectivity index is 2.62. The number of benzene rings is 1. The number of carbonyl (C=O) groups is 2.